The summed E-state index contributed by atoms with van der Waals surface area (Å²) in [6, 6.07) is 4.13. The molecule has 3 aromatic rings. The van der Waals surface area contributed by atoms with Gasteiger partial charge in [-0.3, -0.25) is 9.59 Å². The Morgan fingerprint density at radius 3 is 2.74 bits per heavy atom. The van der Waals surface area contributed by atoms with Crippen molar-refractivity contribution >= 4 is 48.9 Å². The van der Waals surface area contributed by atoms with Crippen LogP contribution in [0.3, 0.4) is 0 Å². The van der Waals surface area contributed by atoms with Gasteiger partial charge in [0.1, 0.15) is 20.5 Å². The van der Waals surface area contributed by atoms with E-state index in [4.69, 9.17) is 16.3 Å². The highest BCUT2D eigenvalue weighted by Gasteiger charge is 2.28. The first-order chi connectivity index (χ1) is 16.6. The summed E-state index contributed by atoms with van der Waals surface area (Å²) in [5.41, 5.74) is 0.864. The van der Waals surface area contributed by atoms with Gasteiger partial charge in [0.2, 0.25) is 5.82 Å². The zero-order valence-electron chi connectivity index (χ0n) is 19.0. The van der Waals surface area contributed by atoms with Gasteiger partial charge in [0.25, 0.3) is 11.5 Å². The van der Waals surface area contributed by atoms with Gasteiger partial charge < -0.3 is 15.0 Å². The maximum absolute atomic E-state index is 13.3. The number of carbonyl (C=O) groups is 1. The van der Waals surface area contributed by atoms with Crippen molar-refractivity contribution in [1.29, 1.82) is 0 Å². The van der Waals surface area contributed by atoms with Crippen molar-refractivity contribution in [1.82, 2.24) is 15.3 Å². The van der Waals surface area contributed by atoms with Crippen LogP contribution >= 0.6 is 22.9 Å². The van der Waals surface area contributed by atoms with Crippen LogP contribution in [-0.4, -0.2) is 42.4 Å². The largest absolute Gasteiger partial charge is 0.376 e. The Labute approximate surface area is 210 Å². The first-order valence-electron chi connectivity index (χ1n) is 11.1. The van der Waals surface area contributed by atoms with Gasteiger partial charge in [-0.15, -0.1) is 11.3 Å². The summed E-state index contributed by atoms with van der Waals surface area (Å²) in [5, 5.41) is 4.51. The summed E-state index contributed by atoms with van der Waals surface area (Å²) >= 11 is 7.01. The third-order valence-electron chi connectivity index (χ3n) is 6.18. The lowest BCUT2D eigenvalue weighted by Gasteiger charge is -2.27. The smallest absolute Gasteiger partial charge is 0.287 e. The Hall–Kier alpha value is -2.34. The average molecular weight is 542 g/mol. The number of amides is 1. The van der Waals surface area contributed by atoms with Crippen molar-refractivity contribution in [3.63, 3.8) is 0 Å². The second-order valence-electron chi connectivity index (χ2n) is 8.77. The van der Waals surface area contributed by atoms with E-state index in [1.165, 1.54) is 35.8 Å². The molecule has 35 heavy (non-hydrogen) atoms. The van der Waals surface area contributed by atoms with Gasteiger partial charge in [0.05, 0.1) is 22.3 Å². The number of aromatic amines is 1. The molecular weight excluding hydrogens is 517 g/mol. The van der Waals surface area contributed by atoms with Crippen LogP contribution in [0.5, 0.6) is 0 Å². The normalized spacial score (nSPS) is 18.6. The lowest BCUT2D eigenvalue weighted by Crippen LogP contribution is -2.28. The molecule has 0 aliphatic heterocycles. The summed E-state index contributed by atoms with van der Waals surface area (Å²) in [5.74, 6) is -0.941. The molecule has 12 heteroatoms. The Morgan fingerprint density at radius 2 is 2.06 bits per heavy atom. The van der Waals surface area contributed by atoms with Crippen molar-refractivity contribution in [3.05, 3.63) is 61.7 Å². The van der Waals surface area contributed by atoms with Gasteiger partial charge in [-0.2, -0.15) is 0 Å². The van der Waals surface area contributed by atoms with Crippen LogP contribution in [0.25, 0.3) is 10.2 Å². The summed E-state index contributed by atoms with van der Waals surface area (Å²) < 4.78 is 42.5. The van der Waals surface area contributed by atoms with E-state index >= 15 is 0 Å². The number of thiophene rings is 1. The Bertz CT molecular complexity index is 1400. The van der Waals surface area contributed by atoms with E-state index in [2.05, 4.69) is 15.3 Å². The number of H-pyrrole nitrogens is 1. The highest BCUT2D eigenvalue weighted by molar-refractivity contribution is 7.91. The quantitative estimate of drug-likeness (QED) is 0.447. The van der Waals surface area contributed by atoms with E-state index in [0.717, 1.165) is 12.8 Å². The molecule has 1 fully saturated rings. The maximum atomic E-state index is 13.3. The number of nitrogens with zero attached hydrogens (tertiary/aromatic N) is 1. The molecule has 0 radical (unpaired) electrons. The van der Waals surface area contributed by atoms with E-state index in [9.17, 15) is 22.4 Å². The van der Waals surface area contributed by atoms with Crippen LogP contribution < -0.4 is 10.9 Å². The highest BCUT2D eigenvalue weighted by Crippen LogP contribution is 2.29. The standard InChI is InChI=1S/C23H25ClFN3O5S2/c1-35(31,32)16-5-2-13(3-6-16)10-33-11-15-12-34-23-19(15)21(29)27-20(28-23)22(30)26-9-14-4-7-18(25)17(24)8-14/h4,7-8,12-13,16H,2-3,5-6,9-11H2,1H3,(H,26,30)(H,27,28,29). The summed E-state index contributed by atoms with van der Waals surface area (Å²) in [7, 11) is -3.00. The number of nitrogens with one attached hydrogen (secondary N) is 2. The molecule has 0 unspecified atom stereocenters. The zero-order chi connectivity index (χ0) is 25.2. The van der Waals surface area contributed by atoms with Crippen molar-refractivity contribution in [2.45, 2.75) is 44.1 Å². The third kappa shape index (κ3) is 6.27. The number of hydrogen-bond donors (Lipinski definition) is 2. The molecule has 2 heterocycles. The number of benzene rings is 1. The van der Waals surface area contributed by atoms with Crippen LogP contribution in [0.4, 0.5) is 4.39 Å². The second kappa shape index (κ2) is 10.7. The number of rotatable bonds is 8. The van der Waals surface area contributed by atoms with Crippen LogP contribution in [0, 0.1) is 11.7 Å². The van der Waals surface area contributed by atoms with Gasteiger partial charge in [-0.25, -0.2) is 17.8 Å². The fourth-order valence-corrected chi connectivity index (χ4v) is 6.46. The minimum atomic E-state index is -3.00. The third-order valence-corrected chi connectivity index (χ3v) is 9.08. The van der Waals surface area contributed by atoms with E-state index in [1.807, 2.05) is 0 Å². The van der Waals surface area contributed by atoms with Gasteiger partial charge in [-0.05, 0) is 54.7 Å². The van der Waals surface area contributed by atoms with Crippen LogP contribution in [0.15, 0.2) is 28.4 Å². The predicted molar refractivity (Wildman–Crippen MR) is 133 cm³/mol. The molecule has 0 saturated heterocycles. The molecule has 1 aromatic carbocycles. The molecule has 1 aliphatic carbocycles. The van der Waals surface area contributed by atoms with Crippen LogP contribution in [-0.2, 0) is 27.7 Å². The molecule has 1 aliphatic rings. The predicted octanol–water partition coefficient (Wildman–Crippen LogP) is 3.83. The van der Waals surface area contributed by atoms with Crippen LogP contribution in [0.2, 0.25) is 5.02 Å². The van der Waals surface area contributed by atoms with Gasteiger partial charge >= 0.3 is 0 Å². The lowest BCUT2D eigenvalue weighted by molar-refractivity contribution is 0.0750. The first-order valence-corrected chi connectivity index (χ1v) is 14.3. The highest BCUT2D eigenvalue weighted by atomic mass is 35.5. The van der Waals surface area contributed by atoms with Crippen molar-refractivity contribution in [2.24, 2.45) is 5.92 Å². The van der Waals surface area contributed by atoms with Crippen molar-refractivity contribution < 1.29 is 22.3 Å². The number of fused-ring (bicyclic) bond motifs is 1. The van der Waals surface area contributed by atoms with Gasteiger partial charge in [-0.1, -0.05) is 17.7 Å². The summed E-state index contributed by atoms with van der Waals surface area (Å²) in [6.45, 7) is 0.816. The molecule has 188 valence electrons. The Balaban J connectivity index is 1.35. The SMILES string of the molecule is CS(=O)(=O)C1CCC(COCc2csc3nc(C(=O)NCc4ccc(F)c(Cl)c4)[nH]c(=O)c23)CC1. The number of sulfone groups is 1. The molecule has 8 nitrogen and oxygen atoms in total. The zero-order valence-corrected chi connectivity index (χ0v) is 21.4. The lowest BCUT2D eigenvalue weighted by atomic mass is 9.89. The molecule has 0 spiro atoms. The number of halogens is 2. The van der Waals surface area contributed by atoms with Crippen molar-refractivity contribution in [3.8, 4) is 0 Å². The number of ether oxygens (including phenoxy) is 1. The number of hydrogen-bond acceptors (Lipinski definition) is 7. The van der Waals surface area contributed by atoms with E-state index in [-0.39, 0.29) is 29.2 Å². The second-order valence-corrected chi connectivity index (χ2v) is 12.4. The number of aromatic nitrogens is 2. The minimum absolute atomic E-state index is 0.0420. The van der Waals surface area contributed by atoms with Crippen LogP contribution in [0.1, 0.15) is 47.4 Å². The van der Waals surface area contributed by atoms with Gasteiger partial charge in [0.15, 0.2) is 0 Å². The first kappa shape index (κ1) is 25.7. The molecular formula is C23H25ClFN3O5S2. The molecule has 2 aromatic heterocycles. The van der Waals surface area contributed by atoms with E-state index in [1.54, 1.807) is 5.38 Å². The Morgan fingerprint density at radius 1 is 1.31 bits per heavy atom. The molecule has 1 saturated carbocycles. The van der Waals surface area contributed by atoms with Gasteiger partial charge in [0, 0.05) is 25.0 Å². The topological polar surface area (TPSA) is 118 Å². The average Bonchev–Trinajstić information content (AvgIpc) is 3.23. The summed E-state index contributed by atoms with van der Waals surface area (Å²) in [4.78, 5) is 32.4. The minimum Gasteiger partial charge on any atom is -0.376 e. The molecule has 2 N–H and O–H groups in total. The van der Waals surface area contributed by atoms with E-state index < -0.39 is 27.1 Å². The fraction of sp³-hybridized carbons (Fsp3) is 0.435. The maximum Gasteiger partial charge on any atom is 0.287 e. The monoisotopic (exact) mass is 541 g/mol. The van der Waals surface area contributed by atoms with Crippen molar-refractivity contribution in [2.75, 3.05) is 12.9 Å². The molecule has 0 atom stereocenters. The van der Waals surface area contributed by atoms with E-state index in [0.29, 0.717) is 46.7 Å². The molecule has 0 bridgehead atoms. The molecule has 1 amide bonds. The number of carbonyl (C=O) groups excluding carboxylic acids is 1. The molecule has 4 rings (SSSR count). The fourth-order valence-electron chi connectivity index (χ4n) is 4.20. The summed E-state index contributed by atoms with van der Waals surface area (Å²) in [6.07, 6.45) is 4.19. The Kier molecular flexibility index (Phi) is 7.89.